The molecule has 1 unspecified atom stereocenters. The number of rotatable bonds is 1. The van der Waals surface area contributed by atoms with Crippen molar-refractivity contribution in [2.24, 2.45) is 5.92 Å². The first-order valence-electron chi connectivity index (χ1n) is 7.99. The molecule has 0 radical (unpaired) electrons. The maximum Gasteiger partial charge on any atom is 0.191 e. The molecule has 114 valence electrons. The second kappa shape index (κ2) is 4.70. The fourth-order valence-corrected chi connectivity index (χ4v) is 5.82. The number of halogens is 1. The zero-order valence-electron chi connectivity index (χ0n) is 12.3. The minimum atomic E-state index is 0.244. The zero-order valence-corrected chi connectivity index (χ0v) is 13.9. The number of nitrogens with zero attached hydrogens (tertiary/aromatic N) is 3. The highest BCUT2D eigenvalue weighted by molar-refractivity contribution is 7.22. The van der Waals surface area contributed by atoms with E-state index in [1.165, 1.54) is 37.2 Å². The van der Waals surface area contributed by atoms with E-state index in [1.807, 2.05) is 18.2 Å². The van der Waals surface area contributed by atoms with Crippen LogP contribution in [0.3, 0.4) is 0 Å². The van der Waals surface area contributed by atoms with E-state index in [0.717, 1.165) is 28.0 Å². The summed E-state index contributed by atoms with van der Waals surface area (Å²) in [6, 6.07) is 5.99. The maximum absolute atomic E-state index is 6.13. The Labute approximate surface area is 139 Å². The van der Waals surface area contributed by atoms with Gasteiger partial charge in [0.1, 0.15) is 0 Å². The topological polar surface area (TPSA) is 19.4 Å². The number of piperidine rings is 3. The van der Waals surface area contributed by atoms with Crippen LogP contribution in [0.1, 0.15) is 19.3 Å². The first kappa shape index (κ1) is 13.3. The summed E-state index contributed by atoms with van der Waals surface area (Å²) in [5.74, 6) is 0.795. The molecule has 0 saturated carbocycles. The first-order chi connectivity index (χ1) is 10.7. The van der Waals surface area contributed by atoms with Crippen molar-refractivity contribution in [1.82, 2.24) is 9.88 Å². The molecule has 0 N–H and O–H groups in total. The third-order valence-corrected chi connectivity index (χ3v) is 6.85. The van der Waals surface area contributed by atoms with Crippen LogP contribution >= 0.6 is 22.9 Å². The van der Waals surface area contributed by atoms with Gasteiger partial charge in [-0.25, -0.2) is 4.98 Å². The van der Waals surface area contributed by atoms with E-state index in [0.29, 0.717) is 0 Å². The third-order valence-electron chi connectivity index (χ3n) is 5.60. The quantitative estimate of drug-likeness (QED) is 0.783. The Balaban J connectivity index is 1.59. The maximum atomic E-state index is 6.13. The van der Waals surface area contributed by atoms with Gasteiger partial charge in [-0.2, -0.15) is 0 Å². The number of thiazole rings is 1. The Morgan fingerprint density at radius 2 is 2.14 bits per heavy atom. The van der Waals surface area contributed by atoms with Crippen molar-refractivity contribution in [3.05, 3.63) is 35.5 Å². The van der Waals surface area contributed by atoms with Gasteiger partial charge in [0.05, 0.1) is 15.8 Å². The molecule has 1 aromatic carbocycles. The Bertz CT molecular complexity index is 762. The lowest BCUT2D eigenvalue weighted by molar-refractivity contribution is 0.0335. The van der Waals surface area contributed by atoms with E-state index in [2.05, 4.69) is 22.1 Å². The molecule has 1 atom stereocenters. The Morgan fingerprint density at radius 1 is 1.27 bits per heavy atom. The van der Waals surface area contributed by atoms with E-state index in [9.17, 15) is 0 Å². The summed E-state index contributed by atoms with van der Waals surface area (Å²) in [7, 11) is 0. The number of fused-ring (bicyclic) bond motifs is 3. The van der Waals surface area contributed by atoms with Crippen molar-refractivity contribution in [2.75, 3.05) is 24.5 Å². The van der Waals surface area contributed by atoms with Crippen molar-refractivity contribution < 1.29 is 0 Å². The van der Waals surface area contributed by atoms with E-state index in [4.69, 9.17) is 16.6 Å². The fraction of sp³-hybridized carbons (Fsp3) is 0.471. The highest BCUT2D eigenvalue weighted by atomic mass is 35.5. The van der Waals surface area contributed by atoms with Crippen molar-refractivity contribution in [3.63, 3.8) is 0 Å². The Kier molecular flexibility index (Phi) is 2.85. The van der Waals surface area contributed by atoms with E-state index in [-0.39, 0.29) is 5.54 Å². The monoisotopic (exact) mass is 331 g/mol. The van der Waals surface area contributed by atoms with Gasteiger partial charge in [0.15, 0.2) is 5.13 Å². The van der Waals surface area contributed by atoms with Crippen LogP contribution in [0.5, 0.6) is 0 Å². The van der Waals surface area contributed by atoms with Crippen molar-refractivity contribution in [3.8, 4) is 0 Å². The molecule has 3 nitrogen and oxygen atoms in total. The van der Waals surface area contributed by atoms with Crippen LogP contribution < -0.4 is 4.90 Å². The predicted octanol–water partition coefficient (Wildman–Crippen LogP) is 4.14. The number of anilines is 1. The van der Waals surface area contributed by atoms with Crippen LogP contribution in [-0.2, 0) is 0 Å². The van der Waals surface area contributed by atoms with Crippen molar-refractivity contribution in [2.45, 2.75) is 24.8 Å². The molecule has 4 aliphatic rings. The average Bonchev–Trinajstić information content (AvgIpc) is 3.12. The van der Waals surface area contributed by atoms with Gasteiger partial charge in [0.2, 0.25) is 0 Å². The van der Waals surface area contributed by atoms with Gasteiger partial charge >= 0.3 is 0 Å². The molecule has 1 spiro atoms. The zero-order chi connectivity index (χ0) is 14.7. The molecule has 3 fully saturated rings. The highest BCUT2D eigenvalue weighted by Crippen LogP contribution is 2.48. The summed E-state index contributed by atoms with van der Waals surface area (Å²) >= 11 is 7.89. The molecular weight excluding hydrogens is 314 g/mol. The summed E-state index contributed by atoms with van der Waals surface area (Å²) in [5, 5.41) is 1.91. The largest absolute Gasteiger partial charge is 0.317 e. The number of benzene rings is 1. The summed E-state index contributed by atoms with van der Waals surface area (Å²) < 4.78 is 1.18. The molecule has 4 aliphatic heterocycles. The Morgan fingerprint density at radius 3 is 2.91 bits per heavy atom. The van der Waals surface area contributed by atoms with Crippen LogP contribution in [0.2, 0.25) is 5.02 Å². The van der Waals surface area contributed by atoms with Crippen LogP contribution in [0, 0.1) is 5.92 Å². The van der Waals surface area contributed by atoms with Gasteiger partial charge in [0.25, 0.3) is 0 Å². The minimum Gasteiger partial charge on any atom is -0.317 e. The first-order valence-corrected chi connectivity index (χ1v) is 9.18. The molecule has 1 aromatic heterocycles. The predicted molar refractivity (Wildman–Crippen MR) is 92.8 cm³/mol. The van der Waals surface area contributed by atoms with Crippen molar-refractivity contribution >= 4 is 38.3 Å². The fourth-order valence-electron chi connectivity index (χ4n) is 4.50. The second-order valence-electron chi connectivity index (χ2n) is 6.72. The lowest BCUT2D eigenvalue weighted by Crippen LogP contribution is -2.64. The average molecular weight is 332 g/mol. The summed E-state index contributed by atoms with van der Waals surface area (Å²) in [4.78, 5) is 9.99. The van der Waals surface area contributed by atoms with E-state index >= 15 is 0 Å². The minimum absolute atomic E-state index is 0.244. The normalized spacial score (nSPS) is 33.4. The third kappa shape index (κ3) is 1.81. The lowest BCUT2D eigenvalue weighted by atomic mass is 9.71. The molecule has 0 aliphatic carbocycles. The van der Waals surface area contributed by atoms with Gasteiger partial charge in [-0.1, -0.05) is 29.0 Å². The molecular formula is C17H18ClN3S. The smallest absolute Gasteiger partial charge is 0.191 e. The van der Waals surface area contributed by atoms with E-state index in [1.54, 1.807) is 11.3 Å². The van der Waals surface area contributed by atoms with Crippen molar-refractivity contribution in [1.29, 1.82) is 0 Å². The van der Waals surface area contributed by atoms with Gasteiger partial charge in [-0.05, 0) is 56.5 Å². The van der Waals surface area contributed by atoms with Gasteiger partial charge in [-0.15, -0.1) is 0 Å². The van der Waals surface area contributed by atoms with E-state index < -0.39 is 0 Å². The molecule has 0 amide bonds. The highest BCUT2D eigenvalue weighted by Gasteiger charge is 2.51. The summed E-state index contributed by atoms with van der Waals surface area (Å²) in [6.45, 7) is 3.73. The summed E-state index contributed by atoms with van der Waals surface area (Å²) in [5.41, 5.74) is 1.30. The van der Waals surface area contributed by atoms with Gasteiger partial charge in [-0.3, -0.25) is 0 Å². The summed E-state index contributed by atoms with van der Waals surface area (Å²) in [6.07, 6.45) is 8.41. The molecule has 5 heterocycles. The SMILES string of the molecule is Clc1ccc2nc(N3C=CCC34CN3CCC4CC3)sc2c1. The molecule has 2 aromatic rings. The van der Waals surface area contributed by atoms with Crippen LogP contribution in [0.15, 0.2) is 30.5 Å². The molecule has 22 heavy (non-hydrogen) atoms. The molecule has 5 heteroatoms. The van der Waals surface area contributed by atoms with Gasteiger partial charge in [0, 0.05) is 17.8 Å². The van der Waals surface area contributed by atoms with Crippen LogP contribution in [0.25, 0.3) is 10.2 Å². The number of hydrogen-bond donors (Lipinski definition) is 0. The van der Waals surface area contributed by atoms with Crippen LogP contribution in [0.4, 0.5) is 5.13 Å². The Hall–Kier alpha value is -1.10. The lowest BCUT2D eigenvalue weighted by Gasteiger charge is -2.55. The second-order valence-corrected chi connectivity index (χ2v) is 8.17. The standard InChI is InChI=1S/C17H18ClN3S/c18-13-2-3-14-15(10-13)22-16(19-14)21-7-1-6-17(21)11-20-8-4-12(17)5-9-20/h1-3,7,10,12H,4-6,8-9,11H2. The molecule has 2 bridgehead atoms. The van der Waals surface area contributed by atoms with Gasteiger partial charge < -0.3 is 9.80 Å². The van der Waals surface area contributed by atoms with Crippen LogP contribution in [-0.4, -0.2) is 35.1 Å². The number of aromatic nitrogens is 1. The molecule has 6 rings (SSSR count). The molecule has 3 saturated heterocycles. The number of hydrogen-bond acceptors (Lipinski definition) is 4.